The van der Waals surface area contributed by atoms with E-state index in [0.29, 0.717) is 49.8 Å². The number of carbonyl (C=O) groups excluding carboxylic acids is 4. The average molecular weight is 821 g/mol. The van der Waals surface area contributed by atoms with Gasteiger partial charge in [0, 0.05) is 66.6 Å². The lowest BCUT2D eigenvalue weighted by Crippen LogP contribution is -2.44. The lowest BCUT2D eigenvalue weighted by Gasteiger charge is -2.22. The predicted octanol–water partition coefficient (Wildman–Crippen LogP) is 5.58. The molecule has 8 rings (SSSR count). The zero-order chi connectivity index (χ0) is 39.8. The summed E-state index contributed by atoms with van der Waals surface area (Å²) < 4.78 is 74.9. The summed E-state index contributed by atoms with van der Waals surface area (Å²) in [6.45, 7) is 1.81. The van der Waals surface area contributed by atoms with Gasteiger partial charge in [-0.25, -0.2) is 9.97 Å². The van der Waals surface area contributed by atoms with Crippen molar-refractivity contribution in [2.45, 2.75) is 62.2 Å². The Morgan fingerprint density at radius 3 is 1.73 bits per heavy atom. The molecule has 4 aliphatic rings. The summed E-state index contributed by atoms with van der Waals surface area (Å²) in [6, 6.07) is 13.3. The third kappa shape index (κ3) is 9.03. The maximum Gasteiger partial charge on any atom is 0.471 e. The van der Waals surface area contributed by atoms with Gasteiger partial charge in [0.15, 0.2) is 10.0 Å². The molecule has 4 amide bonds. The second-order valence-corrected chi connectivity index (χ2v) is 16.0. The summed E-state index contributed by atoms with van der Waals surface area (Å²) in [7, 11) is 0. The van der Waals surface area contributed by atoms with Gasteiger partial charge in [0.05, 0.1) is 9.75 Å². The number of thiazole rings is 2. The Bertz CT molecular complexity index is 2120. The number of piperidine rings is 2. The third-order valence-electron chi connectivity index (χ3n) is 10.1. The number of benzene rings is 2. The number of hydrogen-bond acceptors (Lipinski definition) is 10. The topological polar surface area (TPSA) is 166 Å². The monoisotopic (exact) mass is 820 g/mol. The highest BCUT2D eigenvalue weighted by Crippen LogP contribution is 2.36. The fourth-order valence-electron chi connectivity index (χ4n) is 7.45. The first-order valence-corrected chi connectivity index (χ1v) is 19.2. The Morgan fingerprint density at radius 2 is 1.20 bits per heavy atom. The lowest BCUT2D eigenvalue weighted by atomic mass is 10.0. The number of fused-ring (bicyclic) bond motifs is 4. The van der Waals surface area contributed by atoms with E-state index in [1.165, 1.54) is 42.7 Å². The molecule has 6 atom stereocenters. The molecule has 2 saturated carbocycles. The molecular weight excluding hydrogens is 787 g/mol. The van der Waals surface area contributed by atoms with Gasteiger partial charge >= 0.3 is 24.2 Å². The standard InChI is InChI=1S/2C18H17F3N4O2S/c19-18(20,21)17(27)24-11-3-1-2-9(4-11)14-8-23-16(28-14)15(26)25-13-6-12-5-10(13)7-22-12;19-18(20,21)17(27)25-12-4-2-1-3-11(12)14-8-23-16(28-14)15(26)24-13-6-10-5-9(13)7-22-10/h1-4,8,10,12-13,22H,5-7H2,(H,24,27)(H,25,26);1-4,8-10,13,22H,5-7H2,(H,24,26)(H,25,27). The van der Waals surface area contributed by atoms with Gasteiger partial charge in [0.1, 0.15) is 0 Å². The molecule has 0 spiro atoms. The molecule has 0 radical (unpaired) electrons. The molecule has 12 nitrogen and oxygen atoms in total. The number of nitrogens with zero attached hydrogens (tertiary/aromatic N) is 2. The van der Waals surface area contributed by atoms with Gasteiger partial charge in [0.2, 0.25) is 0 Å². The molecule has 4 aromatic rings. The van der Waals surface area contributed by atoms with Gasteiger partial charge in [-0.15, -0.1) is 22.7 Å². The second-order valence-electron chi connectivity index (χ2n) is 13.9. The summed E-state index contributed by atoms with van der Waals surface area (Å²) >= 11 is 2.23. The summed E-state index contributed by atoms with van der Waals surface area (Å²) in [5, 5.41) is 17.0. The Hall–Kier alpha value is -4.92. The molecular formula is C36H34F6N8O4S2. The van der Waals surface area contributed by atoms with E-state index in [2.05, 4.69) is 31.2 Å². The van der Waals surface area contributed by atoms with E-state index in [-0.39, 0.29) is 40.3 Å². The average Bonchev–Trinajstić information content (AvgIpc) is 4.02. The number of amides is 4. The van der Waals surface area contributed by atoms with Gasteiger partial charge in [0.25, 0.3) is 11.8 Å². The van der Waals surface area contributed by atoms with Crippen molar-refractivity contribution in [3.63, 3.8) is 0 Å². The smallest absolute Gasteiger partial charge is 0.347 e. The van der Waals surface area contributed by atoms with Crippen molar-refractivity contribution in [3.05, 3.63) is 70.9 Å². The van der Waals surface area contributed by atoms with E-state index in [4.69, 9.17) is 0 Å². The minimum absolute atomic E-state index is 0.0135. The number of halogens is 6. The Balaban J connectivity index is 0.000000172. The van der Waals surface area contributed by atoms with Crippen LogP contribution in [0.5, 0.6) is 0 Å². The van der Waals surface area contributed by atoms with Crippen LogP contribution in [0.1, 0.15) is 45.3 Å². The zero-order valence-corrected chi connectivity index (χ0v) is 30.7. The van der Waals surface area contributed by atoms with Crippen LogP contribution in [0.15, 0.2) is 60.9 Å². The molecule has 6 unspecified atom stereocenters. The highest BCUT2D eigenvalue weighted by atomic mass is 32.1. The van der Waals surface area contributed by atoms with Crippen molar-refractivity contribution in [1.82, 2.24) is 31.2 Å². The quantitative estimate of drug-likeness (QED) is 0.125. The van der Waals surface area contributed by atoms with Gasteiger partial charge in [-0.1, -0.05) is 30.3 Å². The number of anilines is 2. The summed E-state index contributed by atoms with van der Waals surface area (Å²) in [5.41, 5.74) is 0.981. The van der Waals surface area contributed by atoms with Crippen molar-refractivity contribution in [1.29, 1.82) is 0 Å². The Kier molecular flexibility index (Phi) is 11.2. The van der Waals surface area contributed by atoms with Gasteiger partial charge in [-0.05, 0) is 61.3 Å². The third-order valence-corrected chi connectivity index (χ3v) is 12.2. The van der Waals surface area contributed by atoms with E-state index in [1.807, 2.05) is 10.6 Å². The van der Waals surface area contributed by atoms with Crippen LogP contribution >= 0.6 is 22.7 Å². The van der Waals surface area contributed by atoms with Crippen LogP contribution in [-0.2, 0) is 9.59 Å². The van der Waals surface area contributed by atoms with E-state index in [1.54, 1.807) is 18.2 Å². The van der Waals surface area contributed by atoms with Crippen molar-refractivity contribution in [2.24, 2.45) is 11.8 Å². The number of para-hydroxylation sites is 1. The molecule has 2 aromatic heterocycles. The summed E-state index contributed by atoms with van der Waals surface area (Å²) in [5.74, 6) is -3.74. The predicted molar refractivity (Wildman–Crippen MR) is 196 cm³/mol. The number of rotatable bonds is 8. The Morgan fingerprint density at radius 1 is 0.661 bits per heavy atom. The number of carbonyl (C=O) groups is 4. The van der Waals surface area contributed by atoms with E-state index in [9.17, 15) is 45.5 Å². The van der Waals surface area contributed by atoms with E-state index < -0.39 is 24.2 Å². The van der Waals surface area contributed by atoms with Crippen LogP contribution in [-0.4, -0.2) is 83.2 Å². The fraction of sp³-hybridized carbons (Fsp3) is 0.389. The molecule has 2 saturated heterocycles. The van der Waals surface area contributed by atoms with Gasteiger partial charge in [-0.3, -0.25) is 19.2 Å². The Labute approximate surface area is 323 Å². The highest BCUT2D eigenvalue weighted by Gasteiger charge is 2.42. The van der Waals surface area contributed by atoms with E-state index >= 15 is 0 Å². The molecule has 6 N–H and O–H groups in total. The van der Waals surface area contributed by atoms with Crippen molar-refractivity contribution in [3.8, 4) is 20.9 Å². The first-order chi connectivity index (χ1) is 26.6. The zero-order valence-electron chi connectivity index (χ0n) is 29.1. The molecule has 20 heteroatoms. The maximum absolute atomic E-state index is 12.6. The van der Waals surface area contributed by atoms with E-state index in [0.717, 1.165) is 61.4 Å². The molecule has 4 bridgehead atoms. The first-order valence-electron chi connectivity index (χ1n) is 17.6. The maximum atomic E-state index is 12.6. The molecule has 2 aromatic carbocycles. The highest BCUT2D eigenvalue weighted by molar-refractivity contribution is 7.17. The molecule has 4 fully saturated rings. The van der Waals surface area contributed by atoms with Gasteiger partial charge < -0.3 is 31.9 Å². The second kappa shape index (κ2) is 15.9. The molecule has 2 aliphatic heterocycles. The van der Waals surface area contributed by atoms with Crippen LogP contribution in [0.2, 0.25) is 0 Å². The normalized spacial score (nSPS) is 23.6. The molecule has 56 heavy (non-hydrogen) atoms. The summed E-state index contributed by atoms with van der Waals surface area (Å²) in [6.07, 6.45) is -3.07. The minimum atomic E-state index is -4.98. The lowest BCUT2D eigenvalue weighted by molar-refractivity contribution is -0.167. The van der Waals surface area contributed by atoms with Crippen LogP contribution in [0.3, 0.4) is 0 Å². The van der Waals surface area contributed by atoms with Crippen molar-refractivity contribution < 1.29 is 45.5 Å². The largest absolute Gasteiger partial charge is 0.471 e. The number of nitrogens with one attached hydrogen (secondary N) is 6. The number of hydrogen-bond donors (Lipinski definition) is 6. The first kappa shape index (κ1) is 39.3. The summed E-state index contributed by atoms with van der Waals surface area (Å²) in [4.78, 5) is 56.8. The van der Waals surface area contributed by atoms with Crippen LogP contribution < -0.4 is 31.9 Å². The van der Waals surface area contributed by atoms with Crippen molar-refractivity contribution >= 4 is 57.7 Å². The van der Waals surface area contributed by atoms with Gasteiger partial charge in [-0.2, -0.15) is 26.3 Å². The van der Waals surface area contributed by atoms with Crippen LogP contribution in [0.4, 0.5) is 37.7 Å². The van der Waals surface area contributed by atoms with Crippen LogP contribution in [0, 0.1) is 11.8 Å². The van der Waals surface area contributed by atoms with Crippen LogP contribution in [0.25, 0.3) is 20.9 Å². The SMILES string of the molecule is O=C(NC1CC2CC1CN2)c1ncc(-c2cccc(NC(=O)C(F)(F)F)c2)s1.O=C(NC1CC2CC1CN2)c1ncc(-c2ccccc2NC(=O)C(F)(F)F)s1. The molecule has 296 valence electrons. The fourth-order valence-corrected chi connectivity index (χ4v) is 9.13. The number of alkyl halides is 6. The number of aromatic nitrogens is 2. The minimum Gasteiger partial charge on any atom is -0.347 e. The van der Waals surface area contributed by atoms with Crippen molar-refractivity contribution in [2.75, 3.05) is 23.7 Å². The molecule has 4 heterocycles. The molecule has 2 aliphatic carbocycles.